The normalized spacial score (nSPS) is 13.5. The first-order chi connectivity index (χ1) is 16.0. The molecule has 0 aliphatic carbocycles. The lowest BCUT2D eigenvalue weighted by Crippen LogP contribution is -2.46. The average Bonchev–Trinajstić information content (AvgIpc) is 2.84. The molecule has 7 nitrogen and oxygen atoms in total. The van der Waals surface area contributed by atoms with Gasteiger partial charge in [0.2, 0.25) is 0 Å². The molecule has 3 aromatic carbocycles. The minimum Gasteiger partial charge on any atom is -0.496 e. The lowest BCUT2D eigenvalue weighted by atomic mass is 10.1. The van der Waals surface area contributed by atoms with Gasteiger partial charge in [-0.25, -0.2) is 4.79 Å². The molecule has 1 amide bonds. The molecule has 1 saturated heterocycles. The number of carboxylic acid groups (broad SMARTS) is 1. The molecule has 1 fully saturated rings. The van der Waals surface area contributed by atoms with Gasteiger partial charge in [0.25, 0.3) is 5.91 Å². The van der Waals surface area contributed by atoms with Crippen LogP contribution in [-0.2, 0) is 0 Å². The Morgan fingerprint density at radius 2 is 1.48 bits per heavy atom. The lowest BCUT2D eigenvalue weighted by Gasteiger charge is -2.37. The first kappa shape index (κ1) is 22.5. The second-order valence-electron chi connectivity index (χ2n) is 7.64. The molecule has 1 heterocycles. The first-order valence-corrected chi connectivity index (χ1v) is 10.9. The Balaban J connectivity index is 1.49. The van der Waals surface area contributed by atoms with Crippen LogP contribution in [0.2, 0.25) is 5.02 Å². The number of nitrogens with zero attached hydrogens (tertiary/aromatic N) is 2. The van der Waals surface area contributed by atoms with Crippen LogP contribution >= 0.6 is 11.6 Å². The van der Waals surface area contributed by atoms with E-state index in [1.165, 1.54) is 7.11 Å². The monoisotopic (exact) mass is 465 g/mol. The molecule has 1 aliphatic rings. The summed E-state index contributed by atoms with van der Waals surface area (Å²) >= 11 is 5.98. The third-order valence-electron chi connectivity index (χ3n) is 5.67. The summed E-state index contributed by atoms with van der Waals surface area (Å²) in [6, 6.07) is 19.6. The van der Waals surface area contributed by atoms with E-state index in [0.29, 0.717) is 16.3 Å². The number of anilines is 3. The van der Waals surface area contributed by atoms with Crippen LogP contribution in [0.5, 0.6) is 5.75 Å². The zero-order valence-corrected chi connectivity index (χ0v) is 18.9. The van der Waals surface area contributed by atoms with E-state index in [0.717, 1.165) is 37.6 Å². The number of nitrogens with one attached hydrogen (secondary N) is 1. The summed E-state index contributed by atoms with van der Waals surface area (Å²) in [7, 11) is 1.48. The number of benzene rings is 3. The standard InChI is InChI=1S/C25H24ClN3O4/c1-33-23-5-3-2-4-20(23)24(30)27-22-11-10-19(16-21(22)25(31)32)29-14-12-28(13-15-29)18-8-6-17(26)7-9-18/h2-11,16H,12-15H2,1H3,(H,27,30)(H,31,32). The van der Waals surface area contributed by atoms with E-state index in [-0.39, 0.29) is 11.3 Å². The van der Waals surface area contributed by atoms with Crippen LogP contribution in [0.1, 0.15) is 20.7 Å². The van der Waals surface area contributed by atoms with Gasteiger partial charge in [-0.2, -0.15) is 0 Å². The number of halogens is 1. The molecule has 0 saturated carbocycles. The predicted molar refractivity (Wildman–Crippen MR) is 130 cm³/mol. The highest BCUT2D eigenvalue weighted by molar-refractivity contribution is 6.30. The maximum Gasteiger partial charge on any atom is 0.337 e. The molecule has 33 heavy (non-hydrogen) atoms. The first-order valence-electron chi connectivity index (χ1n) is 10.5. The van der Waals surface area contributed by atoms with Crippen molar-refractivity contribution in [1.29, 1.82) is 0 Å². The van der Waals surface area contributed by atoms with E-state index in [1.807, 2.05) is 30.3 Å². The van der Waals surface area contributed by atoms with Crippen molar-refractivity contribution >= 4 is 40.5 Å². The summed E-state index contributed by atoms with van der Waals surface area (Å²) in [5.74, 6) is -1.12. The molecular weight excluding hydrogens is 442 g/mol. The van der Waals surface area contributed by atoms with Crippen LogP contribution in [0, 0.1) is 0 Å². The fourth-order valence-corrected chi connectivity index (χ4v) is 4.04. The number of hydrogen-bond donors (Lipinski definition) is 2. The van der Waals surface area contributed by atoms with Crippen molar-refractivity contribution in [3.05, 3.63) is 82.9 Å². The highest BCUT2D eigenvalue weighted by Crippen LogP contribution is 2.27. The summed E-state index contributed by atoms with van der Waals surface area (Å²) < 4.78 is 5.23. The van der Waals surface area contributed by atoms with Gasteiger partial charge in [0, 0.05) is 42.6 Å². The van der Waals surface area contributed by atoms with Gasteiger partial charge in [0.15, 0.2) is 0 Å². The van der Waals surface area contributed by atoms with Gasteiger partial charge < -0.3 is 25.0 Å². The number of carbonyl (C=O) groups excluding carboxylic acids is 1. The zero-order valence-electron chi connectivity index (χ0n) is 18.1. The molecule has 0 aromatic heterocycles. The van der Waals surface area contributed by atoms with Crippen LogP contribution in [0.4, 0.5) is 17.1 Å². The van der Waals surface area contributed by atoms with Crippen molar-refractivity contribution in [2.24, 2.45) is 0 Å². The Bertz CT molecular complexity index is 1160. The highest BCUT2D eigenvalue weighted by Gasteiger charge is 2.21. The van der Waals surface area contributed by atoms with Gasteiger partial charge >= 0.3 is 5.97 Å². The molecule has 0 bridgehead atoms. The number of methoxy groups -OCH3 is 1. The van der Waals surface area contributed by atoms with Gasteiger partial charge in [-0.15, -0.1) is 0 Å². The summed E-state index contributed by atoms with van der Waals surface area (Å²) in [5, 5.41) is 13.2. The predicted octanol–water partition coefficient (Wildman–Crippen LogP) is 4.63. The second kappa shape index (κ2) is 9.83. The molecule has 1 aliphatic heterocycles. The quantitative estimate of drug-likeness (QED) is 0.552. The van der Waals surface area contributed by atoms with E-state index in [4.69, 9.17) is 16.3 Å². The largest absolute Gasteiger partial charge is 0.496 e. The van der Waals surface area contributed by atoms with Crippen molar-refractivity contribution in [3.63, 3.8) is 0 Å². The Morgan fingerprint density at radius 1 is 0.879 bits per heavy atom. The van der Waals surface area contributed by atoms with E-state index in [1.54, 1.807) is 36.4 Å². The molecule has 0 radical (unpaired) electrons. The Hall–Kier alpha value is -3.71. The van der Waals surface area contributed by atoms with Gasteiger partial charge in [-0.05, 0) is 54.6 Å². The molecule has 0 unspecified atom stereocenters. The third-order valence-corrected chi connectivity index (χ3v) is 5.92. The number of carboxylic acids is 1. The molecular formula is C25H24ClN3O4. The number of para-hydroxylation sites is 1. The third kappa shape index (κ3) is 5.04. The molecule has 0 atom stereocenters. The SMILES string of the molecule is COc1ccccc1C(=O)Nc1ccc(N2CCN(c3ccc(Cl)cc3)CC2)cc1C(=O)O. The number of hydrogen-bond acceptors (Lipinski definition) is 5. The van der Waals surface area contributed by atoms with Gasteiger partial charge in [-0.3, -0.25) is 4.79 Å². The van der Waals surface area contributed by atoms with Crippen LogP contribution in [0.15, 0.2) is 66.7 Å². The van der Waals surface area contributed by atoms with E-state index < -0.39 is 11.9 Å². The summed E-state index contributed by atoms with van der Waals surface area (Å²) in [6.07, 6.45) is 0. The number of aromatic carboxylic acids is 1. The van der Waals surface area contributed by atoms with Crippen molar-refractivity contribution in [3.8, 4) is 5.75 Å². The Morgan fingerprint density at radius 3 is 2.12 bits per heavy atom. The highest BCUT2D eigenvalue weighted by atomic mass is 35.5. The maximum absolute atomic E-state index is 12.7. The van der Waals surface area contributed by atoms with Crippen LogP contribution in [0.3, 0.4) is 0 Å². The van der Waals surface area contributed by atoms with Crippen LogP contribution in [-0.4, -0.2) is 50.3 Å². The fourth-order valence-electron chi connectivity index (χ4n) is 3.91. The minimum absolute atomic E-state index is 0.0379. The summed E-state index contributed by atoms with van der Waals surface area (Å²) in [5.41, 5.74) is 2.52. The van der Waals surface area contributed by atoms with Crippen LogP contribution < -0.4 is 19.9 Å². The molecule has 3 aromatic rings. The smallest absolute Gasteiger partial charge is 0.337 e. The number of amides is 1. The van der Waals surface area contributed by atoms with Crippen LogP contribution in [0.25, 0.3) is 0 Å². The lowest BCUT2D eigenvalue weighted by molar-refractivity contribution is 0.0698. The van der Waals surface area contributed by atoms with Crippen molar-refractivity contribution in [2.45, 2.75) is 0 Å². The van der Waals surface area contributed by atoms with E-state index in [9.17, 15) is 14.7 Å². The average molecular weight is 466 g/mol. The zero-order chi connectivity index (χ0) is 23.4. The summed E-state index contributed by atoms with van der Waals surface area (Å²) in [4.78, 5) is 29.1. The van der Waals surface area contributed by atoms with Gasteiger partial charge in [0.1, 0.15) is 5.75 Å². The number of rotatable bonds is 6. The second-order valence-corrected chi connectivity index (χ2v) is 8.08. The van der Waals surface area contributed by atoms with Gasteiger partial charge in [0.05, 0.1) is 23.9 Å². The van der Waals surface area contributed by atoms with E-state index in [2.05, 4.69) is 15.1 Å². The van der Waals surface area contributed by atoms with E-state index >= 15 is 0 Å². The molecule has 4 rings (SSSR count). The number of ether oxygens (including phenoxy) is 1. The summed E-state index contributed by atoms with van der Waals surface area (Å²) in [6.45, 7) is 3.09. The number of carbonyl (C=O) groups is 2. The number of piperazine rings is 1. The van der Waals surface area contributed by atoms with Crippen molar-refractivity contribution < 1.29 is 19.4 Å². The Labute approximate surface area is 197 Å². The molecule has 170 valence electrons. The van der Waals surface area contributed by atoms with Crippen molar-refractivity contribution in [1.82, 2.24) is 0 Å². The fraction of sp³-hybridized carbons (Fsp3) is 0.200. The van der Waals surface area contributed by atoms with Gasteiger partial charge in [-0.1, -0.05) is 23.7 Å². The molecule has 2 N–H and O–H groups in total. The van der Waals surface area contributed by atoms with Crippen molar-refractivity contribution in [2.75, 3.05) is 48.4 Å². The topological polar surface area (TPSA) is 82.1 Å². The maximum atomic E-state index is 12.7. The minimum atomic E-state index is -1.10. The Kier molecular flexibility index (Phi) is 6.70. The molecule has 8 heteroatoms. The molecule has 0 spiro atoms.